The SMILES string of the molecule is CC(C)n1ncc2c(C(=O)N3CCOCC3(C)C)cc(-c3cccs3)nc21. The minimum absolute atomic E-state index is 0.0109. The molecule has 1 fully saturated rings. The first-order valence-corrected chi connectivity index (χ1v) is 10.1. The van der Waals surface area contributed by atoms with E-state index >= 15 is 0 Å². The van der Waals surface area contributed by atoms with E-state index in [1.807, 2.05) is 47.0 Å². The number of rotatable bonds is 3. The first-order chi connectivity index (χ1) is 12.9. The number of aromatic nitrogens is 3. The minimum atomic E-state index is -0.345. The average Bonchev–Trinajstić information content (AvgIpc) is 3.29. The van der Waals surface area contributed by atoms with Gasteiger partial charge in [-0.25, -0.2) is 9.67 Å². The van der Waals surface area contributed by atoms with Gasteiger partial charge in [-0.15, -0.1) is 11.3 Å². The van der Waals surface area contributed by atoms with Crippen LogP contribution in [0.15, 0.2) is 29.8 Å². The molecule has 4 rings (SSSR count). The van der Waals surface area contributed by atoms with E-state index in [1.165, 1.54) is 0 Å². The Morgan fingerprint density at radius 2 is 2.19 bits per heavy atom. The van der Waals surface area contributed by atoms with Gasteiger partial charge in [-0.05, 0) is 45.2 Å². The van der Waals surface area contributed by atoms with Crippen LogP contribution in [0.25, 0.3) is 21.6 Å². The second kappa shape index (κ2) is 6.73. The van der Waals surface area contributed by atoms with Gasteiger partial charge in [0.2, 0.25) is 0 Å². The number of thiophene rings is 1. The summed E-state index contributed by atoms with van der Waals surface area (Å²) in [5.74, 6) is 0.0109. The zero-order chi connectivity index (χ0) is 19.2. The fraction of sp³-hybridized carbons (Fsp3) is 0.450. The van der Waals surface area contributed by atoms with Crippen LogP contribution < -0.4 is 0 Å². The molecule has 142 valence electrons. The summed E-state index contributed by atoms with van der Waals surface area (Å²) in [6.45, 7) is 9.90. The molecule has 0 atom stereocenters. The van der Waals surface area contributed by atoms with Crippen LogP contribution in [0.5, 0.6) is 0 Å². The molecule has 0 N–H and O–H groups in total. The van der Waals surface area contributed by atoms with Crippen LogP contribution in [0.3, 0.4) is 0 Å². The fourth-order valence-electron chi connectivity index (χ4n) is 3.50. The van der Waals surface area contributed by atoms with Gasteiger partial charge in [0.25, 0.3) is 5.91 Å². The molecule has 27 heavy (non-hydrogen) atoms. The lowest BCUT2D eigenvalue weighted by Crippen LogP contribution is -2.55. The van der Waals surface area contributed by atoms with Crippen LogP contribution in [0, 0.1) is 0 Å². The lowest BCUT2D eigenvalue weighted by atomic mass is 10.00. The summed E-state index contributed by atoms with van der Waals surface area (Å²) in [5.41, 5.74) is 1.88. The summed E-state index contributed by atoms with van der Waals surface area (Å²) < 4.78 is 7.47. The third-order valence-electron chi connectivity index (χ3n) is 4.95. The molecule has 0 unspecified atom stereocenters. The molecule has 0 bridgehead atoms. The Labute approximate surface area is 162 Å². The average molecular weight is 385 g/mol. The number of pyridine rings is 1. The lowest BCUT2D eigenvalue weighted by molar-refractivity contribution is -0.0369. The van der Waals surface area contributed by atoms with Gasteiger partial charge in [0.15, 0.2) is 5.65 Å². The number of amides is 1. The number of carbonyl (C=O) groups excluding carboxylic acids is 1. The Bertz CT molecular complexity index is 975. The van der Waals surface area contributed by atoms with Crippen molar-refractivity contribution in [3.05, 3.63) is 35.3 Å². The van der Waals surface area contributed by atoms with Crippen molar-refractivity contribution in [1.82, 2.24) is 19.7 Å². The Morgan fingerprint density at radius 3 is 2.85 bits per heavy atom. The van der Waals surface area contributed by atoms with Crippen molar-refractivity contribution in [1.29, 1.82) is 0 Å². The van der Waals surface area contributed by atoms with Gasteiger partial charge in [0, 0.05) is 12.6 Å². The van der Waals surface area contributed by atoms with Crippen LogP contribution in [0.4, 0.5) is 0 Å². The molecule has 3 aromatic heterocycles. The predicted octanol–water partition coefficient (Wildman–Crippen LogP) is 3.99. The second-order valence-corrected chi connectivity index (χ2v) is 8.72. The smallest absolute Gasteiger partial charge is 0.255 e. The summed E-state index contributed by atoms with van der Waals surface area (Å²) in [7, 11) is 0. The number of hydrogen-bond donors (Lipinski definition) is 0. The summed E-state index contributed by atoms with van der Waals surface area (Å²) >= 11 is 1.62. The van der Waals surface area contributed by atoms with Crippen LogP contribution in [0.1, 0.15) is 44.1 Å². The standard InChI is InChI=1S/C20H24N4O2S/c1-13(2)24-18-15(11-21-24)14(10-16(22-18)17-6-5-9-27-17)19(25)23-7-8-26-12-20(23,3)4/h5-6,9-11,13H,7-8,12H2,1-4H3. The zero-order valence-electron chi connectivity index (χ0n) is 16.1. The molecule has 1 aliphatic rings. The molecular weight excluding hydrogens is 360 g/mol. The summed E-state index contributed by atoms with van der Waals surface area (Å²) in [4.78, 5) is 21.3. The number of ether oxygens (including phenoxy) is 1. The maximum absolute atomic E-state index is 13.5. The Balaban J connectivity index is 1.89. The molecule has 0 radical (unpaired) electrons. The number of hydrogen-bond acceptors (Lipinski definition) is 5. The Hall–Kier alpha value is -2.25. The van der Waals surface area contributed by atoms with E-state index in [2.05, 4.69) is 18.9 Å². The maximum Gasteiger partial charge on any atom is 0.255 e. The summed E-state index contributed by atoms with van der Waals surface area (Å²) in [5, 5.41) is 7.33. The fourth-order valence-corrected chi connectivity index (χ4v) is 4.19. The van der Waals surface area contributed by atoms with Gasteiger partial charge in [0.1, 0.15) is 0 Å². The third-order valence-corrected chi connectivity index (χ3v) is 5.84. The van der Waals surface area contributed by atoms with Gasteiger partial charge in [-0.1, -0.05) is 6.07 Å². The van der Waals surface area contributed by atoms with Gasteiger partial charge in [-0.2, -0.15) is 5.10 Å². The molecule has 3 aromatic rings. The van der Waals surface area contributed by atoms with E-state index in [9.17, 15) is 4.79 Å². The molecule has 1 amide bonds. The quantitative estimate of drug-likeness (QED) is 0.685. The van der Waals surface area contributed by atoms with Crippen molar-refractivity contribution in [2.75, 3.05) is 19.8 Å². The van der Waals surface area contributed by atoms with Gasteiger partial charge in [0.05, 0.1) is 46.5 Å². The van der Waals surface area contributed by atoms with Crippen molar-refractivity contribution in [3.63, 3.8) is 0 Å². The normalized spacial score (nSPS) is 17.0. The van der Waals surface area contributed by atoms with Crippen LogP contribution in [0.2, 0.25) is 0 Å². The molecule has 4 heterocycles. The topological polar surface area (TPSA) is 60.2 Å². The highest BCUT2D eigenvalue weighted by atomic mass is 32.1. The summed E-state index contributed by atoms with van der Waals surface area (Å²) in [6, 6.07) is 6.10. The van der Waals surface area contributed by atoms with Gasteiger partial charge >= 0.3 is 0 Å². The van der Waals surface area contributed by atoms with Crippen LogP contribution in [-0.4, -0.2) is 50.9 Å². The van der Waals surface area contributed by atoms with Crippen molar-refractivity contribution in [2.45, 2.75) is 39.3 Å². The highest BCUT2D eigenvalue weighted by Crippen LogP contribution is 2.31. The van der Waals surface area contributed by atoms with Gasteiger partial charge in [-0.3, -0.25) is 4.79 Å². The zero-order valence-corrected chi connectivity index (χ0v) is 16.9. The van der Waals surface area contributed by atoms with E-state index in [4.69, 9.17) is 9.72 Å². The molecule has 1 saturated heterocycles. The van der Waals surface area contributed by atoms with E-state index in [0.29, 0.717) is 25.3 Å². The van der Waals surface area contributed by atoms with Gasteiger partial charge < -0.3 is 9.64 Å². The molecule has 0 saturated carbocycles. The van der Waals surface area contributed by atoms with Crippen LogP contribution in [-0.2, 0) is 4.74 Å². The van der Waals surface area contributed by atoms with Crippen LogP contribution >= 0.6 is 11.3 Å². The van der Waals surface area contributed by atoms with Crippen molar-refractivity contribution >= 4 is 28.3 Å². The summed E-state index contributed by atoms with van der Waals surface area (Å²) in [6.07, 6.45) is 1.77. The Kier molecular flexibility index (Phi) is 4.52. The Morgan fingerprint density at radius 1 is 1.37 bits per heavy atom. The maximum atomic E-state index is 13.5. The first kappa shape index (κ1) is 18.1. The van der Waals surface area contributed by atoms with Crippen molar-refractivity contribution in [3.8, 4) is 10.6 Å². The second-order valence-electron chi connectivity index (χ2n) is 7.77. The highest BCUT2D eigenvalue weighted by molar-refractivity contribution is 7.13. The minimum Gasteiger partial charge on any atom is -0.377 e. The van der Waals surface area contributed by atoms with E-state index in [-0.39, 0.29) is 17.5 Å². The highest BCUT2D eigenvalue weighted by Gasteiger charge is 2.35. The number of morpholine rings is 1. The number of fused-ring (bicyclic) bond motifs is 1. The molecule has 7 heteroatoms. The van der Waals surface area contributed by atoms with Crippen molar-refractivity contribution in [2.24, 2.45) is 0 Å². The third kappa shape index (κ3) is 3.15. The van der Waals surface area contributed by atoms with Crippen molar-refractivity contribution < 1.29 is 9.53 Å². The van der Waals surface area contributed by atoms with E-state index < -0.39 is 0 Å². The molecule has 0 spiro atoms. The lowest BCUT2D eigenvalue weighted by Gasteiger charge is -2.42. The first-order valence-electron chi connectivity index (χ1n) is 9.20. The molecule has 6 nitrogen and oxygen atoms in total. The van der Waals surface area contributed by atoms with E-state index in [1.54, 1.807) is 17.5 Å². The molecule has 0 aromatic carbocycles. The predicted molar refractivity (Wildman–Crippen MR) is 107 cm³/mol. The molecular formula is C20H24N4O2S. The largest absolute Gasteiger partial charge is 0.377 e. The number of carbonyl (C=O) groups is 1. The molecule has 1 aliphatic heterocycles. The number of nitrogens with zero attached hydrogens (tertiary/aromatic N) is 4. The monoisotopic (exact) mass is 384 g/mol. The molecule has 0 aliphatic carbocycles. The van der Waals surface area contributed by atoms with E-state index in [0.717, 1.165) is 21.6 Å².